The lowest BCUT2D eigenvalue weighted by Crippen LogP contribution is -2.17. The van der Waals surface area contributed by atoms with Gasteiger partial charge in [0, 0.05) is 12.3 Å². The number of hydrogen-bond acceptors (Lipinski definition) is 1. The van der Waals surface area contributed by atoms with E-state index in [9.17, 15) is 9.18 Å². The molecule has 0 saturated carbocycles. The molecule has 0 spiro atoms. The third kappa shape index (κ3) is 2.58. The minimum absolute atomic E-state index is 0.0856. The number of ketones is 1. The van der Waals surface area contributed by atoms with Crippen LogP contribution < -0.4 is 0 Å². The van der Waals surface area contributed by atoms with E-state index in [4.69, 9.17) is 0 Å². The molecule has 0 aromatic heterocycles. The first-order valence-electron chi connectivity index (χ1n) is 6.56. The SMILES string of the molecule is O=C(Cc1ccc(F)cc1)C1Cc2ccccc2C1. The Morgan fingerprint density at radius 3 is 2.16 bits per heavy atom. The number of fused-ring (bicyclic) bond motifs is 1. The van der Waals surface area contributed by atoms with Gasteiger partial charge in [-0.2, -0.15) is 0 Å². The van der Waals surface area contributed by atoms with Crippen LogP contribution in [0.25, 0.3) is 0 Å². The normalized spacial score (nSPS) is 14.4. The first-order chi connectivity index (χ1) is 9.22. The van der Waals surface area contributed by atoms with Crippen LogP contribution in [0.4, 0.5) is 4.39 Å². The second-order valence-corrected chi connectivity index (χ2v) is 5.14. The van der Waals surface area contributed by atoms with Crippen LogP contribution in [0.1, 0.15) is 16.7 Å². The van der Waals surface area contributed by atoms with Crippen LogP contribution in [0, 0.1) is 11.7 Å². The molecule has 0 amide bonds. The Hall–Kier alpha value is -1.96. The van der Waals surface area contributed by atoms with Gasteiger partial charge in [-0.1, -0.05) is 36.4 Å². The summed E-state index contributed by atoms with van der Waals surface area (Å²) in [5.41, 5.74) is 3.47. The van der Waals surface area contributed by atoms with Gasteiger partial charge in [0.05, 0.1) is 0 Å². The summed E-state index contributed by atoms with van der Waals surface area (Å²) in [4.78, 5) is 12.3. The summed E-state index contributed by atoms with van der Waals surface area (Å²) in [5.74, 6) is 0.0785. The van der Waals surface area contributed by atoms with Crippen molar-refractivity contribution in [1.29, 1.82) is 0 Å². The summed E-state index contributed by atoms with van der Waals surface area (Å²) in [6.07, 6.45) is 2.09. The molecule has 2 heteroatoms. The summed E-state index contributed by atoms with van der Waals surface area (Å²) in [7, 11) is 0. The molecule has 0 saturated heterocycles. The Morgan fingerprint density at radius 1 is 1.00 bits per heavy atom. The summed E-state index contributed by atoms with van der Waals surface area (Å²) in [5, 5.41) is 0. The van der Waals surface area contributed by atoms with E-state index in [-0.39, 0.29) is 17.5 Å². The minimum atomic E-state index is -0.260. The van der Waals surface area contributed by atoms with Crippen molar-refractivity contribution in [3.05, 3.63) is 71.0 Å². The molecule has 1 aliphatic rings. The molecule has 0 aliphatic heterocycles. The fourth-order valence-electron chi connectivity index (χ4n) is 2.73. The first-order valence-corrected chi connectivity index (χ1v) is 6.56. The number of rotatable bonds is 3. The van der Waals surface area contributed by atoms with E-state index in [2.05, 4.69) is 12.1 Å². The zero-order valence-corrected chi connectivity index (χ0v) is 10.6. The molecule has 0 bridgehead atoms. The zero-order chi connectivity index (χ0) is 13.2. The third-order valence-electron chi connectivity index (χ3n) is 3.80. The summed E-state index contributed by atoms with van der Waals surface area (Å²) in [6.45, 7) is 0. The van der Waals surface area contributed by atoms with Crippen molar-refractivity contribution < 1.29 is 9.18 Å². The largest absolute Gasteiger partial charge is 0.299 e. The average Bonchev–Trinajstić information content (AvgIpc) is 2.85. The van der Waals surface area contributed by atoms with Crippen molar-refractivity contribution >= 4 is 5.78 Å². The second kappa shape index (κ2) is 4.96. The molecule has 2 aromatic carbocycles. The second-order valence-electron chi connectivity index (χ2n) is 5.14. The number of carbonyl (C=O) groups is 1. The minimum Gasteiger partial charge on any atom is -0.299 e. The Morgan fingerprint density at radius 2 is 1.58 bits per heavy atom. The molecule has 19 heavy (non-hydrogen) atoms. The number of hydrogen-bond donors (Lipinski definition) is 0. The van der Waals surface area contributed by atoms with Gasteiger partial charge in [0.2, 0.25) is 0 Å². The molecule has 0 fully saturated rings. The van der Waals surface area contributed by atoms with E-state index in [1.165, 1.54) is 23.3 Å². The monoisotopic (exact) mass is 254 g/mol. The molecule has 1 aliphatic carbocycles. The summed E-state index contributed by atoms with van der Waals surface area (Å²) < 4.78 is 12.8. The van der Waals surface area contributed by atoms with E-state index >= 15 is 0 Å². The van der Waals surface area contributed by atoms with E-state index in [1.807, 2.05) is 12.1 Å². The van der Waals surface area contributed by atoms with Crippen molar-refractivity contribution in [3.8, 4) is 0 Å². The van der Waals surface area contributed by atoms with Crippen molar-refractivity contribution in [2.45, 2.75) is 19.3 Å². The van der Waals surface area contributed by atoms with E-state index < -0.39 is 0 Å². The van der Waals surface area contributed by atoms with Gasteiger partial charge in [-0.05, 0) is 41.7 Å². The van der Waals surface area contributed by atoms with Crippen LogP contribution in [0.3, 0.4) is 0 Å². The Labute approximate surface area is 112 Å². The van der Waals surface area contributed by atoms with Gasteiger partial charge in [0.1, 0.15) is 11.6 Å². The highest BCUT2D eigenvalue weighted by Gasteiger charge is 2.26. The van der Waals surface area contributed by atoms with Crippen molar-refractivity contribution in [1.82, 2.24) is 0 Å². The maximum Gasteiger partial charge on any atom is 0.140 e. The highest BCUT2D eigenvalue weighted by atomic mass is 19.1. The average molecular weight is 254 g/mol. The van der Waals surface area contributed by atoms with Crippen LogP contribution in [0.2, 0.25) is 0 Å². The van der Waals surface area contributed by atoms with Gasteiger partial charge in [-0.3, -0.25) is 4.79 Å². The molecule has 3 rings (SSSR count). The number of halogens is 1. The molecule has 0 radical (unpaired) electrons. The van der Waals surface area contributed by atoms with Crippen molar-refractivity contribution in [2.75, 3.05) is 0 Å². The molecule has 0 N–H and O–H groups in total. The van der Waals surface area contributed by atoms with E-state index in [0.717, 1.165) is 18.4 Å². The lowest BCUT2D eigenvalue weighted by Gasteiger charge is -2.07. The Balaban J connectivity index is 1.68. The van der Waals surface area contributed by atoms with Gasteiger partial charge in [0.25, 0.3) is 0 Å². The lowest BCUT2D eigenvalue weighted by molar-refractivity contribution is -0.121. The number of benzene rings is 2. The van der Waals surface area contributed by atoms with E-state index in [0.29, 0.717) is 6.42 Å². The highest BCUT2D eigenvalue weighted by Crippen LogP contribution is 2.27. The molecule has 0 unspecified atom stereocenters. The van der Waals surface area contributed by atoms with Gasteiger partial charge < -0.3 is 0 Å². The van der Waals surface area contributed by atoms with Crippen LogP contribution in [-0.2, 0) is 24.1 Å². The maximum atomic E-state index is 12.8. The molecule has 1 nitrogen and oxygen atoms in total. The molecular weight excluding hydrogens is 239 g/mol. The lowest BCUT2D eigenvalue weighted by atomic mass is 9.95. The molecule has 0 atom stereocenters. The maximum absolute atomic E-state index is 12.8. The van der Waals surface area contributed by atoms with Gasteiger partial charge in [-0.25, -0.2) is 4.39 Å². The molecule has 96 valence electrons. The molecule has 2 aromatic rings. The fourth-order valence-corrected chi connectivity index (χ4v) is 2.73. The van der Waals surface area contributed by atoms with Crippen LogP contribution >= 0.6 is 0 Å². The van der Waals surface area contributed by atoms with Gasteiger partial charge >= 0.3 is 0 Å². The third-order valence-corrected chi connectivity index (χ3v) is 3.80. The van der Waals surface area contributed by atoms with Crippen molar-refractivity contribution in [2.24, 2.45) is 5.92 Å². The molecule has 0 heterocycles. The topological polar surface area (TPSA) is 17.1 Å². The predicted molar refractivity (Wildman–Crippen MR) is 72.5 cm³/mol. The predicted octanol–water partition coefficient (Wildman–Crippen LogP) is 3.35. The standard InChI is InChI=1S/C17H15FO/c18-16-7-5-12(6-8-16)9-17(19)15-10-13-3-1-2-4-14(13)11-15/h1-8,15H,9-11H2. The number of carbonyl (C=O) groups excluding carboxylic acids is 1. The molecular formula is C17H15FO. The van der Waals surface area contributed by atoms with E-state index in [1.54, 1.807) is 12.1 Å². The summed E-state index contributed by atoms with van der Waals surface area (Å²) in [6, 6.07) is 14.4. The van der Waals surface area contributed by atoms with Crippen LogP contribution in [0.15, 0.2) is 48.5 Å². The van der Waals surface area contributed by atoms with Crippen LogP contribution in [0.5, 0.6) is 0 Å². The van der Waals surface area contributed by atoms with Crippen LogP contribution in [-0.4, -0.2) is 5.78 Å². The highest BCUT2D eigenvalue weighted by molar-refractivity contribution is 5.84. The Kier molecular flexibility index (Phi) is 3.16. The fraction of sp³-hybridized carbons (Fsp3) is 0.235. The quantitative estimate of drug-likeness (QED) is 0.821. The smallest absolute Gasteiger partial charge is 0.140 e. The van der Waals surface area contributed by atoms with Gasteiger partial charge in [0.15, 0.2) is 0 Å². The number of Topliss-reactive ketones (excluding diaryl/α,β-unsaturated/α-hetero) is 1. The zero-order valence-electron chi connectivity index (χ0n) is 10.6. The Bertz CT molecular complexity index is 576. The van der Waals surface area contributed by atoms with Gasteiger partial charge in [-0.15, -0.1) is 0 Å². The van der Waals surface area contributed by atoms with Crippen molar-refractivity contribution in [3.63, 3.8) is 0 Å². The summed E-state index contributed by atoms with van der Waals surface area (Å²) >= 11 is 0. The first kappa shape index (κ1) is 12.1.